The molecule has 1 unspecified atom stereocenters. The molecular formula is C13H16N2O6. The molecule has 1 aromatic rings. The van der Waals surface area contributed by atoms with Crippen LogP contribution in [0.2, 0.25) is 0 Å². The number of methoxy groups -OCH3 is 1. The number of anilines is 1. The molecule has 0 aliphatic heterocycles. The van der Waals surface area contributed by atoms with Crippen LogP contribution < -0.4 is 10.1 Å². The summed E-state index contributed by atoms with van der Waals surface area (Å²) in [6.07, 6.45) is -0.862. The lowest BCUT2D eigenvalue weighted by atomic mass is 10.2. The van der Waals surface area contributed by atoms with Crippen LogP contribution in [-0.4, -0.2) is 30.0 Å². The molecule has 1 rings (SSSR count). The Morgan fingerprint density at radius 3 is 2.62 bits per heavy atom. The number of carbonyl (C=O) groups is 2. The number of ether oxygens (including phenoxy) is 2. The Kier molecular flexibility index (Phi) is 5.65. The summed E-state index contributed by atoms with van der Waals surface area (Å²) in [5.74, 6) is -0.845. The van der Waals surface area contributed by atoms with Gasteiger partial charge in [-0.05, 0) is 13.0 Å². The predicted octanol–water partition coefficient (Wildman–Crippen LogP) is 1.88. The van der Waals surface area contributed by atoms with Gasteiger partial charge in [-0.15, -0.1) is 0 Å². The van der Waals surface area contributed by atoms with Crippen molar-refractivity contribution >= 4 is 23.3 Å². The van der Waals surface area contributed by atoms with E-state index in [4.69, 9.17) is 9.47 Å². The van der Waals surface area contributed by atoms with Crippen LogP contribution in [0.25, 0.3) is 0 Å². The number of nitrogens with zero attached hydrogens (tertiary/aromatic N) is 1. The number of nitrogens with one attached hydrogen (secondary N) is 1. The summed E-state index contributed by atoms with van der Waals surface area (Å²) in [7, 11) is 1.37. The van der Waals surface area contributed by atoms with Crippen LogP contribution in [0.15, 0.2) is 18.2 Å². The fraction of sp³-hybridized carbons (Fsp3) is 0.385. The first-order valence-electron chi connectivity index (χ1n) is 6.21. The summed E-state index contributed by atoms with van der Waals surface area (Å²) >= 11 is 0. The molecule has 0 radical (unpaired) electrons. The largest absolute Gasteiger partial charge is 0.495 e. The van der Waals surface area contributed by atoms with Gasteiger partial charge in [-0.25, -0.2) is 0 Å². The Labute approximate surface area is 121 Å². The Balaban J connectivity index is 2.90. The lowest BCUT2D eigenvalue weighted by Gasteiger charge is -2.14. The van der Waals surface area contributed by atoms with E-state index >= 15 is 0 Å². The smallest absolute Gasteiger partial charge is 0.306 e. The maximum absolute atomic E-state index is 11.9. The number of hydrogen-bond acceptors (Lipinski definition) is 6. The fourth-order valence-electron chi connectivity index (χ4n) is 1.48. The molecule has 1 atom stereocenters. The van der Waals surface area contributed by atoms with Crippen molar-refractivity contribution in [3.05, 3.63) is 28.3 Å². The molecule has 0 fully saturated rings. The van der Waals surface area contributed by atoms with E-state index in [9.17, 15) is 19.7 Å². The molecule has 0 saturated heterocycles. The van der Waals surface area contributed by atoms with Crippen molar-refractivity contribution in [2.24, 2.45) is 0 Å². The molecular weight excluding hydrogens is 280 g/mol. The standard InChI is InChI=1S/C13H16N2O6/c1-4-12(16)21-8(2)13(17)14-10-7-9(15(18)19)5-6-11(10)20-3/h5-8H,4H2,1-3H3,(H,14,17). The number of nitro groups is 1. The Hall–Kier alpha value is -2.64. The normalized spacial score (nSPS) is 11.4. The molecule has 21 heavy (non-hydrogen) atoms. The number of non-ortho nitro benzene ring substituents is 1. The van der Waals surface area contributed by atoms with E-state index in [-0.39, 0.29) is 23.5 Å². The Morgan fingerprint density at radius 1 is 1.43 bits per heavy atom. The molecule has 1 N–H and O–H groups in total. The van der Waals surface area contributed by atoms with Gasteiger partial charge in [-0.3, -0.25) is 19.7 Å². The highest BCUT2D eigenvalue weighted by atomic mass is 16.6. The zero-order valence-electron chi connectivity index (χ0n) is 11.9. The van der Waals surface area contributed by atoms with Crippen LogP contribution in [0.4, 0.5) is 11.4 Å². The van der Waals surface area contributed by atoms with Crippen molar-refractivity contribution in [3.8, 4) is 5.75 Å². The maximum Gasteiger partial charge on any atom is 0.306 e. The topological polar surface area (TPSA) is 108 Å². The molecule has 114 valence electrons. The molecule has 0 aromatic heterocycles. The number of nitro benzene ring substituents is 1. The zero-order valence-corrected chi connectivity index (χ0v) is 11.9. The third-order valence-electron chi connectivity index (χ3n) is 2.62. The van der Waals surface area contributed by atoms with Gasteiger partial charge in [0.2, 0.25) is 0 Å². The van der Waals surface area contributed by atoms with Gasteiger partial charge in [-0.1, -0.05) is 6.92 Å². The molecule has 0 heterocycles. The number of benzene rings is 1. The fourth-order valence-corrected chi connectivity index (χ4v) is 1.48. The minimum absolute atomic E-state index is 0.135. The molecule has 0 spiro atoms. The minimum Gasteiger partial charge on any atom is -0.495 e. The molecule has 0 saturated carbocycles. The van der Waals surface area contributed by atoms with Crippen molar-refractivity contribution in [3.63, 3.8) is 0 Å². The van der Waals surface area contributed by atoms with E-state index in [0.29, 0.717) is 0 Å². The van der Waals surface area contributed by atoms with Gasteiger partial charge < -0.3 is 14.8 Å². The van der Waals surface area contributed by atoms with Gasteiger partial charge in [0.1, 0.15) is 5.75 Å². The van der Waals surface area contributed by atoms with Crippen molar-refractivity contribution in [2.75, 3.05) is 12.4 Å². The third-order valence-corrected chi connectivity index (χ3v) is 2.62. The number of carbonyl (C=O) groups excluding carboxylic acids is 2. The highest BCUT2D eigenvalue weighted by Crippen LogP contribution is 2.29. The van der Waals surface area contributed by atoms with Crippen molar-refractivity contribution in [1.29, 1.82) is 0 Å². The van der Waals surface area contributed by atoms with Gasteiger partial charge in [0.05, 0.1) is 17.7 Å². The minimum atomic E-state index is -1.01. The summed E-state index contributed by atoms with van der Waals surface area (Å²) in [6, 6.07) is 3.80. The van der Waals surface area contributed by atoms with Crippen LogP contribution >= 0.6 is 0 Å². The lowest BCUT2D eigenvalue weighted by Crippen LogP contribution is -2.29. The highest BCUT2D eigenvalue weighted by Gasteiger charge is 2.20. The van der Waals surface area contributed by atoms with Crippen LogP contribution in [0.5, 0.6) is 5.75 Å². The summed E-state index contributed by atoms with van der Waals surface area (Å²) < 4.78 is 9.88. The first kappa shape index (κ1) is 16.4. The van der Waals surface area contributed by atoms with E-state index < -0.39 is 22.9 Å². The zero-order chi connectivity index (χ0) is 16.0. The summed E-state index contributed by atoms with van der Waals surface area (Å²) in [4.78, 5) is 33.2. The van der Waals surface area contributed by atoms with Gasteiger partial charge in [0.25, 0.3) is 11.6 Å². The number of hydrogen-bond donors (Lipinski definition) is 1. The van der Waals surface area contributed by atoms with Crippen LogP contribution in [0, 0.1) is 10.1 Å². The second-order valence-electron chi connectivity index (χ2n) is 4.12. The number of amides is 1. The average molecular weight is 296 g/mol. The second kappa shape index (κ2) is 7.22. The first-order valence-corrected chi connectivity index (χ1v) is 6.21. The molecule has 0 aliphatic carbocycles. The monoisotopic (exact) mass is 296 g/mol. The van der Waals surface area contributed by atoms with Gasteiger partial charge in [-0.2, -0.15) is 0 Å². The highest BCUT2D eigenvalue weighted by molar-refractivity contribution is 5.96. The Morgan fingerprint density at radius 2 is 2.10 bits per heavy atom. The summed E-state index contributed by atoms with van der Waals surface area (Å²) in [5.41, 5.74) is -0.0552. The Bertz CT molecular complexity index is 558. The molecule has 1 amide bonds. The molecule has 1 aromatic carbocycles. The van der Waals surface area contributed by atoms with E-state index in [2.05, 4.69) is 5.32 Å². The van der Waals surface area contributed by atoms with E-state index in [1.165, 1.54) is 32.2 Å². The summed E-state index contributed by atoms with van der Waals surface area (Å²) in [5, 5.41) is 13.2. The lowest BCUT2D eigenvalue weighted by molar-refractivity contribution is -0.384. The van der Waals surface area contributed by atoms with Crippen molar-refractivity contribution in [2.45, 2.75) is 26.4 Å². The SMILES string of the molecule is CCC(=O)OC(C)C(=O)Nc1cc([N+](=O)[O-])ccc1OC. The quantitative estimate of drug-likeness (QED) is 0.488. The van der Waals surface area contributed by atoms with Gasteiger partial charge in [0.15, 0.2) is 6.10 Å². The molecule has 8 heteroatoms. The van der Waals surface area contributed by atoms with Crippen LogP contribution in [0.1, 0.15) is 20.3 Å². The predicted molar refractivity (Wildman–Crippen MR) is 74.1 cm³/mol. The van der Waals surface area contributed by atoms with Crippen molar-refractivity contribution in [1.82, 2.24) is 0 Å². The third kappa shape index (κ3) is 4.44. The molecule has 0 aliphatic rings. The van der Waals surface area contributed by atoms with E-state index in [1.54, 1.807) is 6.92 Å². The van der Waals surface area contributed by atoms with Gasteiger partial charge >= 0.3 is 5.97 Å². The van der Waals surface area contributed by atoms with Gasteiger partial charge in [0, 0.05) is 18.6 Å². The van der Waals surface area contributed by atoms with Crippen LogP contribution in [0.3, 0.4) is 0 Å². The maximum atomic E-state index is 11.9. The van der Waals surface area contributed by atoms with E-state index in [0.717, 1.165) is 0 Å². The second-order valence-corrected chi connectivity index (χ2v) is 4.12. The van der Waals surface area contributed by atoms with Crippen LogP contribution in [-0.2, 0) is 14.3 Å². The molecule has 8 nitrogen and oxygen atoms in total. The molecule has 0 bridgehead atoms. The summed E-state index contributed by atoms with van der Waals surface area (Å²) in [6.45, 7) is 3.02. The number of rotatable bonds is 6. The number of esters is 1. The average Bonchev–Trinajstić information content (AvgIpc) is 2.46. The van der Waals surface area contributed by atoms with Crippen molar-refractivity contribution < 1.29 is 24.0 Å². The van der Waals surface area contributed by atoms with E-state index in [1.807, 2.05) is 0 Å². The first-order chi connectivity index (χ1) is 9.88.